The molecule has 17 heavy (non-hydrogen) atoms. The van der Waals surface area contributed by atoms with Gasteiger partial charge in [-0.3, -0.25) is 0 Å². The molecular weight excluding hydrogens is 228 g/mol. The van der Waals surface area contributed by atoms with E-state index in [1.54, 1.807) is 0 Å². The summed E-state index contributed by atoms with van der Waals surface area (Å²) >= 11 is 0. The number of hydrogen-bond donors (Lipinski definition) is 2. The molecule has 0 fully saturated rings. The topological polar surface area (TPSA) is 77.4 Å². The van der Waals surface area contributed by atoms with Gasteiger partial charge in [0.1, 0.15) is 12.7 Å². The summed E-state index contributed by atoms with van der Waals surface area (Å²) in [4.78, 5) is 0. The standard InChI is InChI=1S/C11H14O6/c1-14-8-6-5(12)4-17-9(6)11(16-3)10(15-2)7(8)13/h5,12-13H,4H2,1-3H3. The highest BCUT2D eigenvalue weighted by atomic mass is 16.5. The van der Waals surface area contributed by atoms with Crippen molar-refractivity contribution in [2.24, 2.45) is 0 Å². The van der Waals surface area contributed by atoms with E-state index >= 15 is 0 Å². The fourth-order valence-electron chi connectivity index (χ4n) is 1.94. The first-order valence-corrected chi connectivity index (χ1v) is 5.01. The normalized spacial score (nSPS) is 17.3. The highest BCUT2D eigenvalue weighted by Gasteiger charge is 2.35. The molecule has 94 valence electrons. The number of rotatable bonds is 3. The van der Waals surface area contributed by atoms with Crippen molar-refractivity contribution >= 4 is 0 Å². The summed E-state index contributed by atoms with van der Waals surface area (Å²) < 4.78 is 20.6. The van der Waals surface area contributed by atoms with Gasteiger partial charge in [0.05, 0.1) is 26.9 Å². The molecule has 0 aliphatic carbocycles. The lowest BCUT2D eigenvalue weighted by atomic mass is 10.1. The zero-order valence-electron chi connectivity index (χ0n) is 9.81. The van der Waals surface area contributed by atoms with Crippen LogP contribution in [0.5, 0.6) is 28.7 Å². The Bertz CT molecular complexity index is 440. The maximum atomic E-state index is 9.99. The molecule has 0 bridgehead atoms. The molecule has 1 aromatic rings. The van der Waals surface area contributed by atoms with Crippen LogP contribution in [0.15, 0.2) is 0 Å². The van der Waals surface area contributed by atoms with E-state index in [9.17, 15) is 10.2 Å². The molecule has 6 heteroatoms. The SMILES string of the molecule is COc1c(O)c(OC)c2c(c1OC)OCC2O. The van der Waals surface area contributed by atoms with Gasteiger partial charge >= 0.3 is 0 Å². The van der Waals surface area contributed by atoms with Gasteiger partial charge in [0, 0.05) is 0 Å². The van der Waals surface area contributed by atoms with Gasteiger partial charge in [-0.2, -0.15) is 0 Å². The monoisotopic (exact) mass is 242 g/mol. The van der Waals surface area contributed by atoms with Crippen molar-refractivity contribution in [3.8, 4) is 28.7 Å². The number of fused-ring (bicyclic) bond motifs is 1. The van der Waals surface area contributed by atoms with Crippen LogP contribution in [-0.2, 0) is 0 Å². The Balaban J connectivity index is 2.76. The molecule has 0 radical (unpaired) electrons. The van der Waals surface area contributed by atoms with Crippen LogP contribution in [0.3, 0.4) is 0 Å². The quantitative estimate of drug-likeness (QED) is 0.818. The molecule has 2 rings (SSSR count). The molecule has 1 aromatic carbocycles. The van der Waals surface area contributed by atoms with Crippen LogP contribution in [0.2, 0.25) is 0 Å². The van der Waals surface area contributed by atoms with Crippen molar-refractivity contribution in [1.29, 1.82) is 0 Å². The molecule has 1 aliphatic heterocycles. The first-order valence-electron chi connectivity index (χ1n) is 5.01. The minimum absolute atomic E-state index is 0.0919. The third-order valence-corrected chi connectivity index (χ3v) is 2.66. The molecule has 0 amide bonds. The summed E-state index contributed by atoms with van der Waals surface area (Å²) in [5.41, 5.74) is 0.377. The lowest BCUT2D eigenvalue weighted by Gasteiger charge is -2.16. The number of phenols is 1. The second-order valence-electron chi connectivity index (χ2n) is 3.52. The van der Waals surface area contributed by atoms with Gasteiger partial charge in [0.25, 0.3) is 0 Å². The van der Waals surface area contributed by atoms with E-state index in [-0.39, 0.29) is 29.6 Å². The fourth-order valence-corrected chi connectivity index (χ4v) is 1.94. The lowest BCUT2D eigenvalue weighted by molar-refractivity contribution is 0.137. The van der Waals surface area contributed by atoms with Crippen LogP contribution < -0.4 is 18.9 Å². The van der Waals surface area contributed by atoms with Crippen LogP contribution in [0, 0.1) is 0 Å². The number of aromatic hydroxyl groups is 1. The van der Waals surface area contributed by atoms with Crippen molar-refractivity contribution in [1.82, 2.24) is 0 Å². The van der Waals surface area contributed by atoms with Gasteiger partial charge in [0.15, 0.2) is 11.5 Å². The highest BCUT2D eigenvalue weighted by Crippen LogP contribution is 2.56. The molecule has 0 saturated carbocycles. The van der Waals surface area contributed by atoms with Crippen LogP contribution in [0.1, 0.15) is 11.7 Å². The summed E-state index contributed by atoms with van der Waals surface area (Å²) in [5.74, 6) is 0.638. The summed E-state index contributed by atoms with van der Waals surface area (Å²) in [6.07, 6.45) is -0.856. The van der Waals surface area contributed by atoms with Crippen molar-refractivity contribution in [3.05, 3.63) is 5.56 Å². The Labute approximate surface area is 98.3 Å². The molecule has 6 nitrogen and oxygen atoms in total. The van der Waals surface area contributed by atoms with E-state index in [4.69, 9.17) is 18.9 Å². The third kappa shape index (κ3) is 1.52. The Morgan fingerprint density at radius 2 is 1.65 bits per heavy atom. The van der Waals surface area contributed by atoms with Gasteiger partial charge in [-0.05, 0) is 0 Å². The van der Waals surface area contributed by atoms with Crippen LogP contribution in [0.4, 0.5) is 0 Å². The Morgan fingerprint density at radius 3 is 2.18 bits per heavy atom. The van der Waals surface area contributed by atoms with Crippen molar-refractivity contribution < 1.29 is 29.2 Å². The second-order valence-corrected chi connectivity index (χ2v) is 3.52. The molecule has 1 aliphatic rings. The summed E-state index contributed by atoms with van der Waals surface area (Å²) in [6, 6.07) is 0. The molecule has 1 atom stereocenters. The number of hydrogen-bond acceptors (Lipinski definition) is 6. The van der Waals surface area contributed by atoms with Crippen LogP contribution in [-0.4, -0.2) is 38.1 Å². The summed E-state index contributed by atoms with van der Waals surface area (Å²) in [7, 11) is 4.22. The lowest BCUT2D eigenvalue weighted by Crippen LogP contribution is -2.00. The maximum absolute atomic E-state index is 9.99. The van der Waals surface area contributed by atoms with Crippen molar-refractivity contribution in [2.45, 2.75) is 6.10 Å². The Hall–Kier alpha value is -1.82. The zero-order chi connectivity index (χ0) is 12.6. The smallest absolute Gasteiger partial charge is 0.211 e. The molecule has 0 spiro atoms. The van der Waals surface area contributed by atoms with Gasteiger partial charge in [-0.1, -0.05) is 0 Å². The van der Waals surface area contributed by atoms with E-state index in [1.807, 2.05) is 0 Å². The largest absolute Gasteiger partial charge is 0.502 e. The number of ether oxygens (including phenoxy) is 4. The second kappa shape index (κ2) is 4.21. The van der Waals surface area contributed by atoms with Crippen molar-refractivity contribution in [2.75, 3.05) is 27.9 Å². The maximum Gasteiger partial charge on any atom is 0.211 e. The molecule has 0 aromatic heterocycles. The van der Waals surface area contributed by atoms with E-state index in [0.29, 0.717) is 11.3 Å². The third-order valence-electron chi connectivity index (χ3n) is 2.66. The van der Waals surface area contributed by atoms with Crippen molar-refractivity contribution in [3.63, 3.8) is 0 Å². The molecule has 1 unspecified atom stereocenters. The Morgan fingerprint density at radius 1 is 1.06 bits per heavy atom. The number of aliphatic hydroxyl groups is 1. The fraction of sp³-hybridized carbons (Fsp3) is 0.455. The average molecular weight is 242 g/mol. The highest BCUT2D eigenvalue weighted by molar-refractivity contribution is 5.71. The number of benzene rings is 1. The van der Waals surface area contributed by atoms with E-state index < -0.39 is 6.10 Å². The van der Waals surface area contributed by atoms with Crippen LogP contribution in [0.25, 0.3) is 0 Å². The van der Waals surface area contributed by atoms with E-state index in [1.165, 1.54) is 21.3 Å². The van der Waals surface area contributed by atoms with E-state index in [2.05, 4.69) is 0 Å². The minimum atomic E-state index is -0.856. The number of phenolic OH excluding ortho intramolecular Hbond substituents is 1. The molecule has 0 saturated heterocycles. The number of aliphatic hydroxyl groups excluding tert-OH is 1. The summed E-state index contributed by atoms with van der Waals surface area (Å²) in [5, 5.41) is 19.8. The first kappa shape index (κ1) is 11.7. The van der Waals surface area contributed by atoms with E-state index in [0.717, 1.165) is 0 Å². The predicted molar refractivity (Wildman–Crippen MR) is 58.2 cm³/mol. The van der Waals surface area contributed by atoms with Gasteiger partial charge < -0.3 is 29.2 Å². The molecule has 2 N–H and O–H groups in total. The molecular formula is C11H14O6. The Kier molecular flexibility index (Phi) is 2.89. The zero-order valence-corrected chi connectivity index (χ0v) is 9.81. The predicted octanol–water partition coefficient (Wildman–Crippen LogP) is 0.844. The van der Waals surface area contributed by atoms with Gasteiger partial charge in [-0.25, -0.2) is 0 Å². The molecule has 1 heterocycles. The van der Waals surface area contributed by atoms with Crippen LogP contribution >= 0.6 is 0 Å². The first-order chi connectivity index (χ1) is 8.15. The van der Waals surface area contributed by atoms with Gasteiger partial charge in [0.2, 0.25) is 17.2 Å². The summed E-state index contributed by atoms with van der Waals surface area (Å²) in [6.45, 7) is 0.0919. The van der Waals surface area contributed by atoms with Gasteiger partial charge in [-0.15, -0.1) is 0 Å². The minimum Gasteiger partial charge on any atom is -0.502 e. The average Bonchev–Trinajstić information content (AvgIpc) is 2.70. The number of methoxy groups -OCH3 is 3.